The van der Waals surface area contributed by atoms with E-state index in [1.165, 1.54) is 33.4 Å². The Morgan fingerprint density at radius 3 is 1.78 bits per heavy atom. The van der Waals surface area contributed by atoms with Crippen LogP contribution < -0.4 is 4.98 Å². The number of methoxy groups -OCH3 is 1. The summed E-state index contributed by atoms with van der Waals surface area (Å²) >= 11 is 0. The van der Waals surface area contributed by atoms with Gasteiger partial charge in [-0.3, -0.25) is 0 Å². The summed E-state index contributed by atoms with van der Waals surface area (Å²) in [6.07, 6.45) is 11.1. The zero-order valence-electron chi connectivity index (χ0n) is 29.0. The minimum absolute atomic E-state index is 0. The third-order valence-electron chi connectivity index (χ3n) is 10.1. The molecule has 0 N–H and O–H groups in total. The zero-order chi connectivity index (χ0) is 32.5. The second kappa shape index (κ2) is 14.5. The number of hydrogen-bond acceptors (Lipinski definition) is 4. The van der Waals surface area contributed by atoms with Gasteiger partial charge in [0.15, 0.2) is 0 Å². The first-order valence-electron chi connectivity index (χ1n) is 17.0. The number of rotatable bonds is 11. The van der Waals surface area contributed by atoms with Crippen molar-refractivity contribution < 1.29 is 26.0 Å². The second-order valence-electron chi connectivity index (χ2n) is 11.9. The molecule has 0 saturated heterocycles. The summed E-state index contributed by atoms with van der Waals surface area (Å²) in [5, 5.41) is 4.65. The first-order chi connectivity index (χ1) is 21.8. The molecule has 0 unspecified atom stereocenters. The molecule has 2 aromatic rings. The number of aliphatic imine (C=N–C) groups is 2. The topological polar surface area (TPSA) is 79.2 Å². The van der Waals surface area contributed by atoms with E-state index in [4.69, 9.17) is 19.7 Å². The molecule has 46 heavy (non-hydrogen) atoms. The number of aromatic nitrogens is 1. The standard InChI is InChI=1S/C39H49N4O2.Ni/c1-10-23-24(11-2)32(22-34-26(13-4)28(15-6)37(42-34)45-9)40-31(23)21-33-25(12-3)27(14-5)35(41-33)29-19-18-20-30-36(29)43-38(44)39(30,16-7)17-8;/h18-22H,10-17H2,1-9H3,(H-,40,41,42,43,44);/q-1;+2/p-1. The Hall–Kier alpha value is -3.44. The molecular weight excluding hydrogens is 615 g/mol. The molecule has 0 atom stereocenters. The summed E-state index contributed by atoms with van der Waals surface area (Å²) in [5.41, 5.74) is 14.5. The van der Waals surface area contributed by atoms with Crippen LogP contribution in [0.5, 0.6) is 0 Å². The van der Waals surface area contributed by atoms with Crippen molar-refractivity contribution in [2.24, 2.45) is 9.98 Å². The molecule has 7 heteroatoms. The van der Waals surface area contributed by atoms with Gasteiger partial charge >= 0.3 is 16.5 Å². The number of allylic oxidation sites excluding steroid dienone is 3. The van der Waals surface area contributed by atoms with Crippen LogP contribution in [-0.4, -0.2) is 24.6 Å². The average Bonchev–Trinajstić information content (AvgIpc) is 3.78. The van der Waals surface area contributed by atoms with Crippen LogP contribution in [0.15, 0.2) is 61.9 Å². The largest absolute Gasteiger partial charge is 2.00 e. The Kier molecular flexibility index (Phi) is 11.2. The summed E-state index contributed by atoms with van der Waals surface area (Å²) in [4.78, 5) is 28.7. The number of amides is 1. The number of fused-ring (bicyclic) bond motifs is 1. The minimum atomic E-state index is -0.540. The maximum absolute atomic E-state index is 13.3. The van der Waals surface area contributed by atoms with Crippen LogP contribution in [0.4, 0.5) is 5.69 Å². The molecule has 1 aromatic carbocycles. The summed E-state index contributed by atoms with van der Waals surface area (Å²) in [7, 11) is 1.70. The van der Waals surface area contributed by atoms with Crippen molar-refractivity contribution >= 4 is 35.4 Å². The molecule has 1 aromatic heterocycles. The fraction of sp³-hybridized carbons (Fsp3) is 0.462. The maximum atomic E-state index is 13.3. The minimum Gasteiger partial charge on any atom is -0.657 e. The molecule has 3 aliphatic heterocycles. The van der Waals surface area contributed by atoms with Gasteiger partial charge in [-0.15, -0.1) is 17.1 Å². The van der Waals surface area contributed by atoms with Crippen LogP contribution >= 0.6 is 0 Å². The van der Waals surface area contributed by atoms with E-state index in [9.17, 15) is 4.79 Å². The smallest absolute Gasteiger partial charge is 0.657 e. The van der Waals surface area contributed by atoms with E-state index in [1.807, 2.05) is 0 Å². The summed E-state index contributed by atoms with van der Waals surface area (Å²) in [6.45, 7) is 17.3. The van der Waals surface area contributed by atoms with Gasteiger partial charge in [-0.1, -0.05) is 102 Å². The van der Waals surface area contributed by atoms with Crippen molar-refractivity contribution in [2.45, 2.75) is 112 Å². The van der Waals surface area contributed by atoms with Crippen LogP contribution in [0.2, 0.25) is 0 Å². The van der Waals surface area contributed by atoms with E-state index in [1.54, 1.807) is 7.11 Å². The number of ether oxygens (including phenoxy) is 1. The van der Waals surface area contributed by atoms with Crippen molar-refractivity contribution in [3.8, 4) is 0 Å². The quantitative estimate of drug-likeness (QED) is 0.225. The Morgan fingerprint density at radius 1 is 0.739 bits per heavy atom. The molecule has 0 fully saturated rings. The second-order valence-corrected chi connectivity index (χ2v) is 11.9. The molecule has 1 amide bonds. The molecule has 5 rings (SSSR count). The van der Waals surface area contributed by atoms with Gasteiger partial charge in [0.1, 0.15) is 0 Å². The zero-order valence-corrected chi connectivity index (χ0v) is 30.0. The predicted octanol–water partition coefficient (Wildman–Crippen LogP) is 9.85. The molecule has 4 heterocycles. The molecule has 0 bridgehead atoms. The van der Waals surface area contributed by atoms with Crippen molar-refractivity contribution in [3.05, 3.63) is 90.8 Å². The van der Waals surface area contributed by atoms with Crippen LogP contribution in [0.3, 0.4) is 0 Å². The number of carbonyl (C=O) groups is 1. The summed E-state index contributed by atoms with van der Waals surface area (Å²) < 4.78 is 5.64. The van der Waals surface area contributed by atoms with Crippen molar-refractivity contribution in [1.82, 2.24) is 4.98 Å². The van der Waals surface area contributed by atoms with Gasteiger partial charge in [0.25, 0.3) is 0 Å². The van der Waals surface area contributed by atoms with E-state index < -0.39 is 5.41 Å². The van der Waals surface area contributed by atoms with E-state index in [0.29, 0.717) is 0 Å². The molecule has 246 valence electrons. The van der Waals surface area contributed by atoms with E-state index in [0.717, 1.165) is 103 Å². The number of hydrogen-bond donors (Lipinski definition) is 0. The van der Waals surface area contributed by atoms with Gasteiger partial charge in [0.2, 0.25) is 5.90 Å². The first-order valence-corrected chi connectivity index (χ1v) is 17.0. The van der Waals surface area contributed by atoms with E-state index in [-0.39, 0.29) is 22.4 Å². The van der Waals surface area contributed by atoms with Crippen molar-refractivity contribution in [3.63, 3.8) is 0 Å². The third kappa shape index (κ3) is 5.59. The van der Waals surface area contributed by atoms with Crippen molar-refractivity contribution in [2.75, 3.05) is 7.11 Å². The van der Waals surface area contributed by atoms with E-state index >= 15 is 0 Å². The molecular formula is C39H48N4NiO2. The van der Waals surface area contributed by atoms with E-state index in [2.05, 4.69) is 91.1 Å². The van der Waals surface area contributed by atoms with Gasteiger partial charge in [0.05, 0.1) is 30.1 Å². The van der Waals surface area contributed by atoms with Crippen LogP contribution in [0.1, 0.15) is 128 Å². The SMILES string of the molecule is CCC1=C(CC)/C(=C/c2[n-]c(/C=C3\N=C(c4cccc5c4[N-]C(=O)C5(CC)CC)C(CC)=C3CC)c(CC)c2CC)N=C1OC.[Ni+2]. The van der Waals surface area contributed by atoms with Gasteiger partial charge in [-0.25, -0.2) is 9.98 Å². The van der Waals surface area contributed by atoms with Gasteiger partial charge in [-0.05, 0) is 73.6 Å². The number of para-hydroxylation sites is 1. The number of nitrogens with zero attached hydrogens (tertiary/aromatic N) is 4. The Morgan fingerprint density at radius 2 is 1.28 bits per heavy atom. The summed E-state index contributed by atoms with van der Waals surface area (Å²) in [6, 6.07) is 6.23. The Bertz CT molecular complexity index is 1710. The Labute approximate surface area is 285 Å². The molecule has 0 saturated carbocycles. The molecule has 6 nitrogen and oxygen atoms in total. The third-order valence-corrected chi connectivity index (χ3v) is 10.1. The Balaban J connectivity index is 0.00000480. The number of carbonyl (C=O) groups excluding carboxylic acids is 1. The van der Waals surface area contributed by atoms with Gasteiger partial charge < -0.3 is 19.8 Å². The molecule has 0 radical (unpaired) electrons. The van der Waals surface area contributed by atoms with Crippen molar-refractivity contribution in [1.29, 1.82) is 0 Å². The summed E-state index contributed by atoms with van der Waals surface area (Å²) in [5.74, 6) is 0.692. The number of benzene rings is 1. The van der Waals surface area contributed by atoms with Crippen LogP contribution in [-0.2, 0) is 44.3 Å². The fourth-order valence-electron chi connectivity index (χ4n) is 7.60. The molecule has 3 aliphatic rings. The normalized spacial score (nSPS) is 18.8. The van der Waals surface area contributed by atoms with Crippen LogP contribution in [0.25, 0.3) is 17.5 Å². The average molecular weight is 664 g/mol. The monoisotopic (exact) mass is 662 g/mol. The van der Waals surface area contributed by atoms with Crippen LogP contribution in [0, 0.1) is 0 Å². The molecule has 0 aliphatic carbocycles. The maximum Gasteiger partial charge on any atom is 2.00 e. The van der Waals surface area contributed by atoms with Gasteiger partial charge in [-0.2, -0.15) is 0 Å². The predicted molar refractivity (Wildman–Crippen MR) is 187 cm³/mol. The first kappa shape index (κ1) is 35.4. The van der Waals surface area contributed by atoms with Gasteiger partial charge in [0, 0.05) is 11.0 Å². The fourth-order valence-corrected chi connectivity index (χ4v) is 7.60. The molecule has 0 spiro atoms.